The van der Waals surface area contributed by atoms with Crippen molar-refractivity contribution < 1.29 is 14.6 Å². The van der Waals surface area contributed by atoms with E-state index in [0.717, 1.165) is 0 Å². The van der Waals surface area contributed by atoms with Crippen LogP contribution in [-0.2, 0) is 0 Å². The Hall–Kier alpha value is -1.79. The van der Waals surface area contributed by atoms with Gasteiger partial charge in [-0.2, -0.15) is 5.32 Å². The fourth-order valence-corrected chi connectivity index (χ4v) is 2.17. The van der Waals surface area contributed by atoms with Crippen LogP contribution in [-0.4, -0.2) is 21.6 Å². The number of amides is 3. The lowest BCUT2D eigenvalue weighted by Crippen LogP contribution is -2.75. The van der Waals surface area contributed by atoms with Crippen LogP contribution in [0.4, 0.5) is 10.5 Å². The molecule has 0 aromatic heterocycles. The Kier molecular flexibility index (Phi) is 6.67. The van der Waals surface area contributed by atoms with Crippen LogP contribution in [0, 0.1) is 0 Å². The molecule has 130 valence electrons. The molecule has 0 unspecified atom stereocenters. The SMILES string of the molecule is O=C(NC(=O)c1ccc(Cl)cc1)NC(=[NH+]c1ccccc1)C(Cl)(Cl)Cl. The summed E-state index contributed by atoms with van der Waals surface area (Å²) in [4.78, 5) is 26.8. The molecule has 3 amide bonds. The molecule has 2 rings (SSSR count). The molecule has 0 radical (unpaired) electrons. The minimum absolute atomic E-state index is 0.120. The summed E-state index contributed by atoms with van der Waals surface area (Å²) in [6.45, 7) is 0. The van der Waals surface area contributed by atoms with Crippen LogP contribution in [0.15, 0.2) is 54.6 Å². The molecule has 0 aliphatic carbocycles. The lowest BCUT2D eigenvalue weighted by Gasteiger charge is -2.10. The third-order valence-electron chi connectivity index (χ3n) is 2.90. The van der Waals surface area contributed by atoms with Crippen molar-refractivity contribution >= 4 is 69.9 Å². The first-order chi connectivity index (χ1) is 11.8. The molecule has 0 spiro atoms. The first-order valence-electron chi connectivity index (χ1n) is 6.90. The smallest absolute Gasteiger partial charge is 0.269 e. The number of rotatable bonds is 2. The highest BCUT2D eigenvalue weighted by molar-refractivity contribution is 6.76. The summed E-state index contributed by atoms with van der Waals surface area (Å²) in [5.41, 5.74) is 0.846. The number of hydrogen-bond donors (Lipinski definition) is 3. The normalized spacial score (nSPS) is 11.8. The number of carbonyl (C=O) groups excluding carboxylic acids is 2. The molecule has 0 saturated heterocycles. The maximum atomic E-state index is 12.0. The molecule has 0 atom stereocenters. The molecule has 3 N–H and O–H groups in total. The number of amidine groups is 1. The van der Waals surface area contributed by atoms with Gasteiger partial charge in [0, 0.05) is 10.6 Å². The predicted molar refractivity (Wildman–Crippen MR) is 99.8 cm³/mol. The van der Waals surface area contributed by atoms with Crippen LogP contribution in [0.2, 0.25) is 5.02 Å². The van der Waals surface area contributed by atoms with Crippen LogP contribution < -0.4 is 15.6 Å². The second kappa shape index (κ2) is 8.54. The van der Waals surface area contributed by atoms with E-state index >= 15 is 0 Å². The summed E-state index contributed by atoms with van der Waals surface area (Å²) in [6.07, 6.45) is 0. The highest BCUT2D eigenvalue weighted by Gasteiger charge is 2.36. The quantitative estimate of drug-likeness (QED) is 0.397. The molecule has 2 aromatic rings. The second-order valence-corrected chi connectivity index (χ2v) is 7.50. The molecule has 2 aromatic carbocycles. The van der Waals surface area contributed by atoms with Crippen LogP contribution in [0.5, 0.6) is 0 Å². The number of halogens is 4. The zero-order valence-electron chi connectivity index (χ0n) is 12.5. The van der Waals surface area contributed by atoms with Gasteiger partial charge in [-0.15, -0.1) is 0 Å². The summed E-state index contributed by atoms with van der Waals surface area (Å²) in [5.74, 6) is -0.748. The lowest BCUT2D eigenvalue weighted by molar-refractivity contribution is -0.357. The number of benzene rings is 2. The Morgan fingerprint density at radius 2 is 1.48 bits per heavy atom. The number of carbonyl (C=O) groups is 2. The van der Waals surface area contributed by atoms with E-state index in [-0.39, 0.29) is 11.4 Å². The van der Waals surface area contributed by atoms with E-state index in [4.69, 9.17) is 46.4 Å². The van der Waals surface area contributed by atoms with Crippen LogP contribution in [0.25, 0.3) is 0 Å². The average Bonchev–Trinajstić information content (AvgIpc) is 2.55. The summed E-state index contributed by atoms with van der Waals surface area (Å²) >= 11 is 23.3. The number of urea groups is 1. The number of para-hydroxylation sites is 1. The molecular formula is C16H12Cl4N3O2+. The molecular weight excluding hydrogens is 408 g/mol. The molecule has 0 bridgehead atoms. The number of imide groups is 1. The van der Waals surface area contributed by atoms with Crippen LogP contribution in [0.3, 0.4) is 0 Å². The zero-order chi connectivity index (χ0) is 18.4. The predicted octanol–water partition coefficient (Wildman–Crippen LogP) is 2.96. The van der Waals surface area contributed by atoms with Crippen molar-refractivity contribution in [2.24, 2.45) is 0 Å². The molecule has 0 saturated carbocycles. The molecule has 9 heteroatoms. The summed E-state index contributed by atoms with van der Waals surface area (Å²) in [7, 11) is 0. The third-order valence-corrected chi connectivity index (χ3v) is 3.72. The van der Waals surface area contributed by atoms with Gasteiger partial charge in [0.05, 0.1) is 0 Å². The van der Waals surface area contributed by atoms with Crippen molar-refractivity contribution in [3.8, 4) is 0 Å². The van der Waals surface area contributed by atoms with Crippen molar-refractivity contribution in [3.05, 3.63) is 65.2 Å². The standard InChI is InChI=1S/C16H11Cl4N3O2/c17-11-8-6-10(7-9-11)13(24)22-15(25)23-14(16(18,19)20)21-12-4-2-1-3-5-12/h1-9H,(H2,21,22,23,24,25)/p+1. The molecule has 5 nitrogen and oxygen atoms in total. The summed E-state index contributed by atoms with van der Waals surface area (Å²) in [6, 6.07) is 13.9. The minimum Gasteiger partial charge on any atom is -0.269 e. The van der Waals surface area contributed by atoms with Crippen LogP contribution in [0.1, 0.15) is 10.4 Å². The van der Waals surface area contributed by atoms with E-state index in [1.54, 1.807) is 24.3 Å². The van der Waals surface area contributed by atoms with Gasteiger partial charge in [0.25, 0.3) is 9.70 Å². The Labute approximate surface area is 163 Å². The molecule has 0 aliphatic rings. The Bertz CT molecular complexity index is 787. The molecule has 0 aliphatic heterocycles. The summed E-state index contributed by atoms with van der Waals surface area (Å²) < 4.78 is -1.93. The third kappa shape index (κ3) is 6.21. The van der Waals surface area contributed by atoms with Crippen molar-refractivity contribution in [1.29, 1.82) is 0 Å². The minimum atomic E-state index is -1.93. The Morgan fingerprint density at radius 1 is 0.880 bits per heavy atom. The largest absolute Gasteiger partial charge is 0.413 e. The zero-order valence-corrected chi connectivity index (χ0v) is 15.5. The van der Waals surface area contributed by atoms with E-state index in [2.05, 4.69) is 15.6 Å². The maximum Gasteiger partial charge on any atom is 0.413 e. The van der Waals surface area contributed by atoms with Crippen molar-refractivity contribution in [3.63, 3.8) is 0 Å². The van der Waals surface area contributed by atoms with E-state index in [1.165, 1.54) is 24.3 Å². The highest BCUT2D eigenvalue weighted by Crippen LogP contribution is 2.25. The van der Waals surface area contributed by atoms with Gasteiger partial charge in [0.15, 0.2) is 0 Å². The van der Waals surface area contributed by atoms with Gasteiger partial charge < -0.3 is 0 Å². The maximum absolute atomic E-state index is 12.0. The van der Waals surface area contributed by atoms with Crippen molar-refractivity contribution in [1.82, 2.24) is 10.6 Å². The second-order valence-electron chi connectivity index (χ2n) is 4.78. The van der Waals surface area contributed by atoms with Gasteiger partial charge in [-0.3, -0.25) is 10.1 Å². The van der Waals surface area contributed by atoms with Crippen molar-refractivity contribution in [2.45, 2.75) is 3.79 Å². The van der Waals surface area contributed by atoms with Gasteiger partial charge in [-0.25, -0.2) is 9.79 Å². The number of alkyl halides is 3. The lowest BCUT2D eigenvalue weighted by atomic mass is 10.2. The number of hydrogen-bond acceptors (Lipinski definition) is 2. The molecule has 0 fully saturated rings. The van der Waals surface area contributed by atoms with E-state index in [1.807, 2.05) is 6.07 Å². The number of nitrogens with one attached hydrogen (secondary N) is 3. The van der Waals surface area contributed by atoms with Gasteiger partial charge in [0.1, 0.15) is 5.69 Å². The topological polar surface area (TPSA) is 72.2 Å². The van der Waals surface area contributed by atoms with E-state index in [9.17, 15) is 9.59 Å². The van der Waals surface area contributed by atoms with Gasteiger partial charge >= 0.3 is 11.9 Å². The Morgan fingerprint density at radius 3 is 2.04 bits per heavy atom. The van der Waals surface area contributed by atoms with Gasteiger partial charge in [-0.05, 0) is 36.4 Å². The van der Waals surface area contributed by atoms with E-state index in [0.29, 0.717) is 10.7 Å². The highest BCUT2D eigenvalue weighted by atomic mass is 35.6. The van der Waals surface area contributed by atoms with Crippen molar-refractivity contribution in [2.75, 3.05) is 0 Å². The monoisotopic (exact) mass is 418 g/mol. The first kappa shape index (κ1) is 19.5. The Balaban J connectivity index is 2.11. The molecule has 0 heterocycles. The summed E-state index contributed by atoms with van der Waals surface area (Å²) in [5, 5.41) is 4.94. The van der Waals surface area contributed by atoms with Gasteiger partial charge in [0.2, 0.25) is 0 Å². The van der Waals surface area contributed by atoms with Gasteiger partial charge in [-0.1, -0.05) is 64.6 Å². The van der Waals surface area contributed by atoms with E-state index < -0.39 is 15.7 Å². The fraction of sp³-hybridized carbons (Fsp3) is 0.0625. The first-order valence-corrected chi connectivity index (χ1v) is 8.41. The van der Waals surface area contributed by atoms with Crippen LogP contribution >= 0.6 is 46.4 Å². The fourth-order valence-electron chi connectivity index (χ4n) is 1.76. The average molecular weight is 420 g/mol. The molecule has 25 heavy (non-hydrogen) atoms.